The van der Waals surface area contributed by atoms with Crippen molar-refractivity contribution < 1.29 is 27.5 Å². The molecule has 1 aromatic carbocycles. The van der Waals surface area contributed by atoms with Gasteiger partial charge in [-0.05, 0) is 75.8 Å². The Labute approximate surface area is 270 Å². The summed E-state index contributed by atoms with van der Waals surface area (Å²) < 4.78 is 36.5. The number of aromatic nitrogens is 3. The molecule has 2 N–H and O–H groups in total. The summed E-state index contributed by atoms with van der Waals surface area (Å²) in [4.78, 5) is 36.9. The van der Waals surface area contributed by atoms with Gasteiger partial charge < -0.3 is 29.6 Å². The topological polar surface area (TPSA) is 145 Å². The van der Waals surface area contributed by atoms with Crippen LogP contribution in [-0.2, 0) is 24.2 Å². The summed E-state index contributed by atoms with van der Waals surface area (Å²) in [5.74, 6) is 2.15. The van der Waals surface area contributed by atoms with Crippen molar-refractivity contribution in [2.45, 2.75) is 76.0 Å². The lowest BCUT2D eigenvalue weighted by Crippen LogP contribution is -2.46. The van der Waals surface area contributed by atoms with Gasteiger partial charge in [-0.15, -0.1) is 0 Å². The molecule has 2 saturated heterocycles. The van der Waals surface area contributed by atoms with Gasteiger partial charge in [-0.3, -0.25) is 9.59 Å². The summed E-state index contributed by atoms with van der Waals surface area (Å²) in [6, 6.07) is 9.63. The van der Waals surface area contributed by atoms with Crippen LogP contribution in [-0.4, -0.2) is 96.2 Å². The number of piperidine rings is 1. The van der Waals surface area contributed by atoms with Crippen LogP contribution in [0.2, 0.25) is 0 Å². The Kier molecular flexibility index (Phi) is 10.1. The van der Waals surface area contributed by atoms with Gasteiger partial charge in [0.25, 0.3) is 0 Å². The maximum absolute atomic E-state index is 13.3. The smallest absolute Gasteiger partial charge is 0.323 e. The highest BCUT2D eigenvalue weighted by molar-refractivity contribution is 7.90. The SMILES string of the molecule is CS(=O)(=O)CCCOc1cccc2c1ccn2-c1ccnc(NC2CCC(C(=O)N3CCC(OC(=O)[C@@H]4CCCN4)CC3)CC2)n1. The number of hydrogen-bond donors (Lipinski definition) is 2. The minimum absolute atomic E-state index is 0.0149. The monoisotopic (exact) mass is 652 g/mol. The number of carbonyl (C=O) groups is 2. The Bertz CT molecular complexity index is 1620. The molecule has 46 heavy (non-hydrogen) atoms. The first-order valence-corrected chi connectivity index (χ1v) is 18.5. The number of fused-ring (bicyclic) bond motifs is 1. The largest absolute Gasteiger partial charge is 0.493 e. The molecule has 0 bridgehead atoms. The first-order chi connectivity index (χ1) is 22.2. The van der Waals surface area contributed by atoms with E-state index in [1.807, 2.05) is 46.0 Å². The molecule has 3 aliphatic rings. The van der Waals surface area contributed by atoms with Crippen molar-refractivity contribution in [2.24, 2.45) is 5.92 Å². The molecule has 6 rings (SSSR count). The van der Waals surface area contributed by atoms with E-state index in [-0.39, 0.29) is 41.7 Å². The molecule has 0 spiro atoms. The van der Waals surface area contributed by atoms with Crippen molar-refractivity contribution in [3.63, 3.8) is 0 Å². The molecule has 2 aromatic heterocycles. The summed E-state index contributed by atoms with van der Waals surface area (Å²) in [6.07, 6.45) is 11.8. The van der Waals surface area contributed by atoms with Crippen LogP contribution in [0.4, 0.5) is 5.95 Å². The molecule has 0 radical (unpaired) electrons. The molecule has 1 atom stereocenters. The van der Waals surface area contributed by atoms with Crippen molar-refractivity contribution in [1.82, 2.24) is 24.8 Å². The summed E-state index contributed by atoms with van der Waals surface area (Å²) in [5, 5.41) is 7.60. The molecule has 1 saturated carbocycles. The van der Waals surface area contributed by atoms with Crippen LogP contribution >= 0.6 is 0 Å². The number of ether oxygens (including phenoxy) is 2. The van der Waals surface area contributed by atoms with Gasteiger partial charge in [-0.1, -0.05) is 6.07 Å². The normalized spacial score (nSPS) is 22.5. The summed E-state index contributed by atoms with van der Waals surface area (Å²) in [5.41, 5.74) is 0.928. The minimum Gasteiger partial charge on any atom is -0.493 e. The highest BCUT2D eigenvalue weighted by Crippen LogP contribution is 2.31. The second-order valence-electron chi connectivity index (χ2n) is 12.7. The first kappa shape index (κ1) is 32.2. The standard InChI is InChI=1S/C33H44N6O6S/c1-46(42,43)22-4-21-44-29-7-2-6-28-26(29)15-20-39(28)30-12-17-35-33(37-30)36-24-10-8-23(9-11-24)31(40)38-18-13-25(14-19-38)45-32(41)27-5-3-16-34-27/h2,6-7,12,15,17,20,23-25,27,34H,3-5,8-11,13-14,16,18-19,21-22H2,1H3,(H,35,36,37)/t23?,24?,27-/m0/s1. The second kappa shape index (κ2) is 14.4. The average Bonchev–Trinajstić information content (AvgIpc) is 3.75. The van der Waals surface area contributed by atoms with Crippen LogP contribution in [0.5, 0.6) is 5.75 Å². The molecule has 4 heterocycles. The minimum atomic E-state index is -3.02. The molecule has 12 nitrogen and oxygen atoms in total. The number of carbonyl (C=O) groups excluding carboxylic acids is 2. The highest BCUT2D eigenvalue weighted by Gasteiger charge is 2.33. The molecule has 0 unspecified atom stereocenters. The van der Waals surface area contributed by atoms with Crippen LogP contribution in [0.25, 0.3) is 16.7 Å². The number of benzene rings is 1. The van der Waals surface area contributed by atoms with Crippen LogP contribution < -0.4 is 15.4 Å². The number of likely N-dealkylation sites (tertiary alicyclic amines) is 1. The van der Waals surface area contributed by atoms with Crippen molar-refractivity contribution in [3.05, 3.63) is 42.7 Å². The van der Waals surface area contributed by atoms with E-state index >= 15 is 0 Å². The van der Waals surface area contributed by atoms with E-state index in [9.17, 15) is 18.0 Å². The fourth-order valence-corrected chi connectivity index (χ4v) is 7.42. The number of hydrogen-bond acceptors (Lipinski definition) is 10. The van der Waals surface area contributed by atoms with Crippen LogP contribution in [0, 0.1) is 5.92 Å². The molecule has 1 amide bonds. The third kappa shape index (κ3) is 7.98. The quantitative estimate of drug-likeness (QED) is 0.233. The number of anilines is 1. The number of nitrogens with one attached hydrogen (secondary N) is 2. The third-order valence-electron chi connectivity index (χ3n) is 9.29. The van der Waals surface area contributed by atoms with Crippen molar-refractivity contribution in [2.75, 3.05) is 43.6 Å². The average molecular weight is 653 g/mol. The predicted octanol–water partition coefficient (Wildman–Crippen LogP) is 3.49. The molecule has 248 valence electrons. The molecule has 3 fully saturated rings. The van der Waals surface area contributed by atoms with Crippen LogP contribution in [0.1, 0.15) is 57.8 Å². The Morgan fingerprint density at radius 1 is 1.04 bits per heavy atom. The fourth-order valence-electron chi connectivity index (χ4n) is 6.77. The van der Waals surface area contributed by atoms with E-state index in [0.717, 1.165) is 61.8 Å². The van der Waals surface area contributed by atoms with Gasteiger partial charge in [0.15, 0.2) is 0 Å². The van der Waals surface area contributed by atoms with Gasteiger partial charge in [0, 0.05) is 61.9 Å². The Hall–Kier alpha value is -3.71. The summed E-state index contributed by atoms with van der Waals surface area (Å²) in [7, 11) is -3.02. The van der Waals surface area contributed by atoms with Gasteiger partial charge >= 0.3 is 5.97 Å². The lowest BCUT2D eigenvalue weighted by molar-refractivity contribution is -0.154. The van der Waals surface area contributed by atoms with Gasteiger partial charge in [0.1, 0.15) is 33.6 Å². The molecule has 13 heteroatoms. The predicted molar refractivity (Wildman–Crippen MR) is 175 cm³/mol. The Balaban J connectivity index is 0.985. The fraction of sp³-hybridized carbons (Fsp3) is 0.576. The van der Waals surface area contributed by atoms with E-state index in [0.29, 0.717) is 50.7 Å². The van der Waals surface area contributed by atoms with Gasteiger partial charge in [0.05, 0.1) is 17.9 Å². The van der Waals surface area contributed by atoms with Gasteiger partial charge in [0.2, 0.25) is 11.9 Å². The number of esters is 1. The van der Waals surface area contributed by atoms with Crippen molar-refractivity contribution in [1.29, 1.82) is 0 Å². The van der Waals surface area contributed by atoms with E-state index in [4.69, 9.17) is 14.5 Å². The van der Waals surface area contributed by atoms with E-state index in [1.165, 1.54) is 6.26 Å². The third-order valence-corrected chi connectivity index (χ3v) is 10.3. The molecular weight excluding hydrogens is 608 g/mol. The summed E-state index contributed by atoms with van der Waals surface area (Å²) >= 11 is 0. The second-order valence-corrected chi connectivity index (χ2v) is 15.0. The summed E-state index contributed by atoms with van der Waals surface area (Å²) in [6.45, 7) is 2.46. The zero-order valence-corrected chi connectivity index (χ0v) is 27.2. The maximum atomic E-state index is 13.3. The molecule has 3 aromatic rings. The Morgan fingerprint density at radius 2 is 1.85 bits per heavy atom. The molecule has 1 aliphatic carbocycles. The van der Waals surface area contributed by atoms with Gasteiger partial charge in [-0.25, -0.2) is 13.4 Å². The van der Waals surface area contributed by atoms with Crippen LogP contribution in [0.3, 0.4) is 0 Å². The lowest BCUT2D eigenvalue weighted by Gasteiger charge is -2.36. The Morgan fingerprint density at radius 3 is 2.59 bits per heavy atom. The maximum Gasteiger partial charge on any atom is 0.323 e. The van der Waals surface area contributed by atoms with E-state index in [1.54, 1.807) is 6.20 Å². The number of nitrogens with zero attached hydrogens (tertiary/aromatic N) is 4. The lowest BCUT2D eigenvalue weighted by atomic mass is 9.85. The van der Waals surface area contributed by atoms with E-state index < -0.39 is 9.84 Å². The zero-order valence-electron chi connectivity index (χ0n) is 26.4. The number of rotatable bonds is 11. The molecular formula is C33H44N6O6S. The highest BCUT2D eigenvalue weighted by atomic mass is 32.2. The number of amides is 1. The van der Waals surface area contributed by atoms with Crippen molar-refractivity contribution in [3.8, 4) is 11.6 Å². The molecule has 2 aliphatic heterocycles. The van der Waals surface area contributed by atoms with Gasteiger partial charge in [-0.2, -0.15) is 4.98 Å². The van der Waals surface area contributed by atoms with E-state index in [2.05, 4.69) is 15.6 Å². The number of sulfone groups is 1. The first-order valence-electron chi connectivity index (χ1n) is 16.5. The van der Waals surface area contributed by atoms with Crippen LogP contribution in [0.15, 0.2) is 42.7 Å². The zero-order chi connectivity index (χ0) is 32.1. The van der Waals surface area contributed by atoms with Crippen molar-refractivity contribution >= 4 is 38.6 Å².